The van der Waals surface area contributed by atoms with E-state index in [4.69, 9.17) is 0 Å². The molecule has 2 heterocycles. The van der Waals surface area contributed by atoms with Crippen LogP contribution in [0, 0.1) is 5.92 Å². The Labute approximate surface area is 150 Å². The summed E-state index contributed by atoms with van der Waals surface area (Å²) in [6.07, 6.45) is 6.20. The Kier molecular flexibility index (Phi) is 4.15. The molecule has 25 heavy (non-hydrogen) atoms. The second kappa shape index (κ2) is 6.09. The lowest BCUT2D eigenvalue weighted by atomic mass is 9.85. The number of fused-ring (bicyclic) bond motifs is 2. The minimum atomic E-state index is -3.53. The second-order valence-electron chi connectivity index (χ2n) is 7.74. The fourth-order valence-electron chi connectivity index (χ4n) is 5.05. The maximum atomic E-state index is 13.4. The minimum absolute atomic E-state index is 0.0322. The average Bonchev–Trinajstić information content (AvgIpc) is 3.14. The molecular formula is C19H26N2O3S. The predicted octanol–water partition coefficient (Wildman–Crippen LogP) is 2.94. The lowest BCUT2D eigenvalue weighted by Crippen LogP contribution is -2.42. The Morgan fingerprint density at radius 3 is 2.72 bits per heavy atom. The van der Waals surface area contributed by atoms with Crippen molar-refractivity contribution < 1.29 is 13.2 Å². The summed E-state index contributed by atoms with van der Waals surface area (Å²) >= 11 is 0. The topological polar surface area (TPSA) is 57.7 Å². The number of hydrogen-bond donors (Lipinski definition) is 0. The zero-order valence-corrected chi connectivity index (χ0v) is 15.8. The Bertz CT molecular complexity index is 805. The van der Waals surface area contributed by atoms with Gasteiger partial charge in [0.2, 0.25) is 15.9 Å². The lowest BCUT2D eigenvalue weighted by molar-refractivity contribution is -0.116. The first-order valence-electron chi connectivity index (χ1n) is 9.34. The third-order valence-corrected chi connectivity index (χ3v) is 8.22. The summed E-state index contributed by atoms with van der Waals surface area (Å²) in [6.45, 7) is 4.20. The van der Waals surface area contributed by atoms with Crippen LogP contribution in [0.2, 0.25) is 0 Å². The van der Waals surface area contributed by atoms with Crippen LogP contribution >= 0.6 is 0 Å². The van der Waals surface area contributed by atoms with E-state index >= 15 is 0 Å². The summed E-state index contributed by atoms with van der Waals surface area (Å²) in [6, 6.07) is 5.51. The Hall–Kier alpha value is -1.40. The number of benzene rings is 1. The molecule has 5 nitrogen and oxygen atoms in total. The van der Waals surface area contributed by atoms with Crippen LogP contribution in [0.4, 0.5) is 5.69 Å². The molecule has 3 aliphatic rings. The third-order valence-electron chi connectivity index (χ3n) is 6.18. The number of anilines is 1. The molecule has 1 amide bonds. The zero-order chi connectivity index (χ0) is 17.8. The number of sulfonamides is 1. The van der Waals surface area contributed by atoms with E-state index in [0.717, 1.165) is 43.4 Å². The van der Waals surface area contributed by atoms with Crippen LogP contribution in [0.25, 0.3) is 0 Å². The third kappa shape index (κ3) is 2.70. The summed E-state index contributed by atoms with van der Waals surface area (Å²) in [5.74, 6) is 0.469. The Balaban J connectivity index is 1.71. The Morgan fingerprint density at radius 2 is 1.96 bits per heavy atom. The molecule has 1 saturated carbocycles. The van der Waals surface area contributed by atoms with Gasteiger partial charge >= 0.3 is 0 Å². The van der Waals surface area contributed by atoms with Crippen molar-refractivity contribution in [1.29, 1.82) is 0 Å². The van der Waals surface area contributed by atoms with E-state index in [1.807, 2.05) is 13.0 Å². The average molecular weight is 362 g/mol. The SMILES string of the molecule is CC(=O)N1CCc2ccc(S(=O)(=O)N3[C@H](C)C[C@H]4CCCC[C@@H]43)cc21. The molecular weight excluding hydrogens is 336 g/mol. The van der Waals surface area contributed by atoms with Crippen LogP contribution in [-0.4, -0.2) is 37.3 Å². The summed E-state index contributed by atoms with van der Waals surface area (Å²) in [4.78, 5) is 13.8. The molecule has 1 saturated heterocycles. The summed E-state index contributed by atoms with van der Waals surface area (Å²) in [7, 11) is -3.53. The van der Waals surface area contributed by atoms with Gasteiger partial charge in [-0.25, -0.2) is 8.42 Å². The van der Waals surface area contributed by atoms with Crippen LogP contribution < -0.4 is 4.90 Å². The van der Waals surface area contributed by atoms with E-state index in [1.165, 1.54) is 13.3 Å². The molecule has 2 aliphatic heterocycles. The molecule has 0 unspecified atom stereocenters. The Morgan fingerprint density at radius 1 is 1.20 bits per heavy atom. The summed E-state index contributed by atoms with van der Waals surface area (Å²) < 4.78 is 28.6. The highest BCUT2D eigenvalue weighted by molar-refractivity contribution is 7.89. The number of carbonyl (C=O) groups is 1. The highest BCUT2D eigenvalue weighted by atomic mass is 32.2. The number of nitrogens with zero attached hydrogens (tertiary/aromatic N) is 2. The molecule has 6 heteroatoms. The van der Waals surface area contributed by atoms with E-state index in [1.54, 1.807) is 21.3 Å². The molecule has 1 aliphatic carbocycles. The molecule has 0 N–H and O–H groups in total. The van der Waals surface area contributed by atoms with E-state index < -0.39 is 10.0 Å². The fourth-order valence-corrected chi connectivity index (χ4v) is 6.99. The van der Waals surface area contributed by atoms with E-state index in [2.05, 4.69) is 0 Å². The first-order valence-corrected chi connectivity index (χ1v) is 10.8. The first kappa shape index (κ1) is 17.0. The predicted molar refractivity (Wildman–Crippen MR) is 97.0 cm³/mol. The van der Waals surface area contributed by atoms with Crippen molar-refractivity contribution in [1.82, 2.24) is 4.31 Å². The molecule has 136 valence electrons. The van der Waals surface area contributed by atoms with E-state index in [0.29, 0.717) is 17.4 Å². The van der Waals surface area contributed by atoms with Gasteiger partial charge in [0.15, 0.2) is 0 Å². The van der Waals surface area contributed by atoms with Crippen molar-refractivity contribution in [2.45, 2.75) is 69.4 Å². The number of carbonyl (C=O) groups excluding carboxylic acids is 1. The van der Waals surface area contributed by atoms with Crippen LogP contribution in [0.5, 0.6) is 0 Å². The maximum Gasteiger partial charge on any atom is 0.243 e. The number of amides is 1. The van der Waals surface area contributed by atoms with Crippen LogP contribution in [0.1, 0.15) is 51.5 Å². The molecule has 2 fully saturated rings. The van der Waals surface area contributed by atoms with Crippen LogP contribution in [0.3, 0.4) is 0 Å². The molecule has 3 atom stereocenters. The van der Waals surface area contributed by atoms with Gasteiger partial charge in [-0.3, -0.25) is 4.79 Å². The zero-order valence-electron chi connectivity index (χ0n) is 14.9. The molecule has 1 aromatic rings. The summed E-state index contributed by atoms with van der Waals surface area (Å²) in [5.41, 5.74) is 1.82. The normalized spacial score (nSPS) is 29.5. The maximum absolute atomic E-state index is 13.4. The highest BCUT2D eigenvalue weighted by Crippen LogP contribution is 2.43. The largest absolute Gasteiger partial charge is 0.312 e. The first-order chi connectivity index (χ1) is 11.9. The lowest BCUT2D eigenvalue weighted by Gasteiger charge is -2.32. The van der Waals surface area contributed by atoms with Gasteiger partial charge in [-0.05, 0) is 56.2 Å². The van der Waals surface area contributed by atoms with Gasteiger partial charge < -0.3 is 4.90 Å². The van der Waals surface area contributed by atoms with Gasteiger partial charge in [-0.15, -0.1) is 0 Å². The van der Waals surface area contributed by atoms with Gasteiger partial charge in [-0.1, -0.05) is 18.9 Å². The molecule has 4 rings (SSSR count). The van der Waals surface area contributed by atoms with Gasteiger partial charge in [0.25, 0.3) is 0 Å². The van der Waals surface area contributed by atoms with Gasteiger partial charge in [0, 0.05) is 31.2 Å². The van der Waals surface area contributed by atoms with Crippen molar-refractivity contribution in [3.05, 3.63) is 23.8 Å². The molecule has 0 aromatic heterocycles. The van der Waals surface area contributed by atoms with Gasteiger partial charge in [0.05, 0.1) is 4.90 Å². The quantitative estimate of drug-likeness (QED) is 0.813. The van der Waals surface area contributed by atoms with Crippen molar-refractivity contribution in [2.75, 3.05) is 11.4 Å². The number of hydrogen-bond acceptors (Lipinski definition) is 3. The van der Waals surface area contributed by atoms with Gasteiger partial charge in [-0.2, -0.15) is 4.31 Å². The molecule has 0 radical (unpaired) electrons. The fraction of sp³-hybridized carbons (Fsp3) is 0.632. The molecule has 0 bridgehead atoms. The van der Waals surface area contributed by atoms with Crippen molar-refractivity contribution >= 4 is 21.6 Å². The van der Waals surface area contributed by atoms with Crippen LogP contribution in [0.15, 0.2) is 23.1 Å². The molecule has 0 spiro atoms. The van der Waals surface area contributed by atoms with E-state index in [9.17, 15) is 13.2 Å². The second-order valence-corrected chi connectivity index (χ2v) is 9.59. The highest BCUT2D eigenvalue weighted by Gasteiger charge is 2.46. The van der Waals surface area contributed by atoms with Crippen molar-refractivity contribution in [3.8, 4) is 0 Å². The van der Waals surface area contributed by atoms with Gasteiger partial charge in [0.1, 0.15) is 0 Å². The minimum Gasteiger partial charge on any atom is -0.312 e. The van der Waals surface area contributed by atoms with Crippen molar-refractivity contribution in [3.63, 3.8) is 0 Å². The number of rotatable bonds is 2. The monoisotopic (exact) mass is 362 g/mol. The summed E-state index contributed by atoms with van der Waals surface area (Å²) in [5, 5.41) is 0. The molecule has 1 aromatic carbocycles. The smallest absolute Gasteiger partial charge is 0.243 e. The van der Waals surface area contributed by atoms with E-state index in [-0.39, 0.29) is 18.0 Å². The standard InChI is InChI=1S/C19H26N2O3S/c1-13-11-16-5-3-4-6-18(16)21(13)25(23,24)17-8-7-15-9-10-20(14(2)22)19(15)12-17/h7-8,12-13,16,18H,3-6,9-11H2,1-2H3/t13-,16-,18+/m1/s1. The van der Waals surface area contributed by atoms with Crippen LogP contribution in [-0.2, 0) is 21.2 Å². The van der Waals surface area contributed by atoms with Crippen molar-refractivity contribution in [2.24, 2.45) is 5.92 Å².